The van der Waals surface area contributed by atoms with Crippen LogP contribution in [0.25, 0.3) is 0 Å². The summed E-state index contributed by atoms with van der Waals surface area (Å²) in [5, 5.41) is 8.15. The predicted molar refractivity (Wildman–Crippen MR) is 85.0 cm³/mol. The van der Waals surface area contributed by atoms with E-state index in [1.54, 1.807) is 7.11 Å². The normalized spacial score (nSPS) is 17.2. The third kappa shape index (κ3) is 3.43. The van der Waals surface area contributed by atoms with Gasteiger partial charge in [-0.05, 0) is 47.0 Å². The van der Waals surface area contributed by atoms with E-state index in [1.165, 1.54) is 35.1 Å². The molecule has 1 heterocycles. The lowest BCUT2D eigenvalue weighted by Crippen LogP contribution is -2.43. The summed E-state index contributed by atoms with van der Waals surface area (Å²) in [6.07, 6.45) is 6.06. The first-order chi connectivity index (χ1) is 9.62. The van der Waals surface area contributed by atoms with Crippen molar-refractivity contribution in [3.63, 3.8) is 0 Å². The minimum absolute atomic E-state index is 0.412. The minimum atomic E-state index is 0.412. The first kappa shape index (κ1) is 16.0. The van der Waals surface area contributed by atoms with Crippen LogP contribution in [0.2, 0.25) is 0 Å². The van der Waals surface area contributed by atoms with E-state index in [2.05, 4.69) is 45.0 Å². The van der Waals surface area contributed by atoms with E-state index in [0.717, 1.165) is 32.5 Å². The lowest BCUT2D eigenvalue weighted by Gasteiger charge is -2.42. The van der Waals surface area contributed by atoms with Gasteiger partial charge in [0.05, 0.1) is 22.5 Å². The third-order valence-corrected chi connectivity index (χ3v) is 5.36. The van der Waals surface area contributed by atoms with Gasteiger partial charge in [0.2, 0.25) is 0 Å². The highest BCUT2D eigenvalue weighted by molar-refractivity contribution is 9.10. The Morgan fingerprint density at radius 2 is 2.20 bits per heavy atom. The van der Waals surface area contributed by atoms with Crippen LogP contribution in [0.3, 0.4) is 0 Å². The average Bonchev–Trinajstić information content (AvgIpc) is 2.67. The molecule has 1 aromatic rings. The van der Waals surface area contributed by atoms with E-state index >= 15 is 0 Å². The number of nitrogens with one attached hydrogen (secondary N) is 1. The zero-order valence-corrected chi connectivity index (χ0v) is 14.4. The second kappa shape index (κ2) is 7.05. The number of hydrogen-bond acceptors (Lipinski definition) is 3. The molecule has 5 heteroatoms. The number of hydrogen-bond donors (Lipinski definition) is 1. The van der Waals surface area contributed by atoms with Crippen LogP contribution >= 0.6 is 15.9 Å². The van der Waals surface area contributed by atoms with Crippen molar-refractivity contribution < 1.29 is 4.74 Å². The molecule has 1 aliphatic rings. The molecule has 0 spiro atoms. The molecule has 0 amide bonds. The molecule has 1 N–H and O–H groups in total. The molecule has 0 unspecified atom stereocenters. The van der Waals surface area contributed by atoms with Gasteiger partial charge in [-0.25, -0.2) is 0 Å². The summed E-state index contributed by atoms with van der Waals surface area (Å²) in [6.45, 7) is 4.95. The zero-order chi connectivity index (χ0) is 14.6. The van der Waals surface area contributed by atoms with Crippen molar-refractivity contribution >= 4 is 15.9 Å². The summed E-state index contributed by atoms with van der Waals surface area (Å²) in [7, 11) is 3.81. The summed E-state index contributed by atoms with van der Waals surface area (Å²) in [4.78, 5) is 0. The monoisotopic (exact) mass is 343 g/mol. The Hall–Kier alpha value is -0.390. The van der Waals surface area contributed by atoms with Crippen molar-refractivity contribution in [1.29, 1.82) is 0 Å². The third-order valence-electron chi connectivity index (χ3n) is 4.44. The molecule has 0 radical (unpaired) electrons. The molecule has 0 bridgehead atoms. The SMILES string of the molecule is CCc1nn(C)c(CC2(CNCCOC)CCC2)c1Br. The molecule has 4 nitrogen and oxygen atoms in total. The zero-order valence-electron chi connectivity index (χ0n) is 12.8. The van der Waals surface area contributed by atoms with Gasteiger partial charge in [-0.3, -0.25) is 4.68 Å². The molecule has 114 valence electrons. The largest absolute Gasteiger partial charge is 0.383 e. The molecule has 0 aliphatic heterocycles. The number of methoxy groups -OCH3 is 1. The highest BCUT2D eigenvalue weighted by Gasteiger charge is 2.38. The fourth-order valence-electron chi connectivity index (χ4n) is 2.99. The lowest BCUT2D eigenvalue weighted by atomic mass is 9.66. The molecule has 0 aromatic carbocycles. The minimum Gasteiger partial charge on any atom is -0.383 e. The van der Waals surface area contributed by atoms with Gasteiger partial charge in [-0.1, -0.05) is 13.3 Å². The summed E-state index contributed by atoms with van der Waals surface area (Å²) >= 11 is 3.74. The number of ether oxygens (including phenoxy) is 1. The van der Waals surface area contributed by atoms with Gasteiger partial charge in [-0.15, -0.1) is 0 Å². The van der Waals surface area contributed by atoms with Gasteiger partial charge in [0.1, 0.15) is 0 Å². The Kier molecular flexibility index (Phi) is 5.64. The number of aromatic nitrogens is 2. The van der Waals surface area contributed by atoms with Gasteiger partial charge < -0.3 is 10.1 Å². The predicted octanol–water partition coefficient (Wildman–Crippen LogP) is 2.69. The molecule has 1 aliphatic carbocycles. The van der Waals surface area contributed by atoms with Gasteiger partial charge in [0.25, 0.3) is 0 Å². The number of nitrogens with zero attached hydrogens (tertiary/aromatic N) is 2. The topological polar surface area (TPSA) is 39.1 Å². The Balaban J connectivity index is 2.01. The van der Waals surface area contributed by atoms with Crippen LogP contribution < -0.4 is 5.32 Å². The highest BCUT2D eigenvalue weighted by atomic mass is 79.9. The smallest absolute Gasteiger partial charge is 0.0766 e. The van der Waals surface area contributed by atoms with Crippen molar-refractivity contribution in [3.05, 3.63) is 15.9 Å². The molecule has 0 saturated heterocycles. The Morgan fingerprint density at radius 3 is 2.70 bits per heavy atom. The van der Waals surface area contributed by atoms with Crippen molar-refractivity contribution in [3.8, 4) is 0 Å². The number of halogens is 1. The number of rotatable bonds is 8. The molecular weight excluding hydrogens is 318 g/mol. The summed E-state index contributed by atoms with van der Waals surface area (Å²) in [6, 6.07) is 0. The highest BCUT2D eigenvalue weighted by Crippen LogP contribution is 2.44. The van der Waals surface area contributed by atoms with E-state index in [9.17, 15) is 0 Å². The van der Waals surface area contributed by atoms with Crippen LogP contribution in [0.5, 0.6) is 0 Å². The second-order valence-electron chi connectivity index (χ2n) is 5.88. The lowest BCUT2D eigenvalue weighted by molar-refractivity contribution is 0.120. The maximum absolute atomic E-state index is 5.10. The van der Waals surface area contributed by atoms with Crippen molar-refractivity contribution in [2.24, 2.45) is 12.5 Å². The van der Waals surface area contributed by atoms with Crippen LogP contribution in [-0.4, -0.2) is 36.6 Å². The maximum Gasteiger partial charge on any atom is 0.0766 e. The molecule has 2 rings (SSSR count). The Bertz CT molecular complexity index is 441. The van der Waals surface area contributed by atoms with Crippen molar-refractivity contribution in [2.45, 2.75) is 39.0 Å². The van der Waals surface area contributed by atoms with Gasteiger partial charge in [-0.2, -0.15) is 5.10 Å². The van der Waals surface area contributed by atoms with E-state index in [1.807, 2.05) is 0 Å². The van der Waals surface area contributed by atoms with Crippen LogP contribution in [0, 0.1) is 5.41 Å². The van der Waals surface area contributed by atoms with E-state index in [0.29, 0.717) is 5.41 Å². The number of aryl methyl sites for hydroxylation is 2. The molecule has 1 aromatic heterocycles. The fourth-order valence-corrected chi connectivity index (χ4v) is 3.74. The van der Waals surface area contributed by atoms with Crippen LogP contribution in [0.4, 0.5) is 0 Å². The molecule has 0 atom stereocenters. The second-order valence-corrected chi connectivity index (χ2v) is 6.68. The summed E-state index contributed by atoms with van der Waals surface area (Å²) in [5.74, 6) is 0. The summed E-state index contributed by atoms with van der Waals surface area (Å²) in [5.41, 5.74) is 2.93. The quantitative estimate of drug-likeness (QED) is 0.737. The standard InChI is InChI=1S/C15H26BrN3O/c1-4-12-14(16)13(19(2)18-12)10-15(6-5-7-15)11-17-8-9-20-3/h17H,4-11H2,1-3H3. The molecule has 1 saturated carbocycles. The van der Waals surface area contributed by atoms with Crippen LogP contribution in [0.1, 0.15) is 37.6 Å². The van der Waals surface area contributed by atoms with Gasteiger partial charge in [0.15, 0.2) is 0 Å². The maximum atomic E-state index is 5.10. The molecular formula is C15H26BrN3O. The van der Waals surface area contributed by atoms with Crippen LogP contribution in [-0.2, 0) is 24.6 Å². The van der Waals surface area contributed by atoms with E-state index in [-0.39, 0.29) is 0 Å². The first-order valence-corrected chi connectivity index (χ1v) is 8.31. The fraction of sp³-hybridized carbons (Fsp3) is 0.800. The Labute approximate surface area is 130 Å². The van der Waals surface area contributed by atoms with Gasteiger partial charge >= 0.3 is 0 Å². The molecule has 1 fully saturated rings. The van der Waals surface area contributed by atoms with Crippen molar-refractivity contribution in [2.75, 3.05) is 26.8 Å². The van der Waals surface area contributed by atoms with E-state index in [4.69, 9.17) is 4.74 Å². The first-order valence-electron chi connectivity index (χ1n) is 7.52. The van der Waals surface area contributed by atoms with Crippen molar-refractivity contribution in [1.82, 2.24) is 15.1 Å². The molecule has 20 heavy (non-hydrogen) atoms. The van der Waals surface area contributed by atoms with Crippen LogP contribution in [0.15, 0.2) is 4.47 Å². The summed E-state index contributed by atoms with van der Waals surface area (Å²) < 4.78 is 8.37. The average molecular weight is 344 g/mol. The van der Waals surface area contributed by atoms with Gasteiger partial charge in [0, 0.05) is 27.2 Å². The van der Waals surface area contributed by atoms with E-state index < -0.39 is 0 Å². The Morgan fingerprint density at radius 1 is 1.45 bits per heavy atom.